The molecule has 29 heavy (non-hydrogen) atoms. The summed E-state index contributed by atoms with van der Waals surface area (Å²) in [6.45, 7) is 10.9. The predicted molar refractivity (Wildman–Crippen MR) is 116 cm³/mol. The van der Waals surface area contributed by atoms with Crippen molar-refractivity contribution in [2.24, 2.45) is 0 Å². The van der Waals surface area contributed by atoms with Gasteiger partial charge in [0.05, 0.1) is 6.10 Å². The summed E-state index contributed by atoms with van der Waals surface area (Å²) in [6.07, 6.45) is 3.63. The highest BCUT2D eigenvalue weighted by atomic mass is 16.3. The second-order valence-electron chi connectivity index (χ2n) is 8.41. The molecule has 156 valence electrons. The van der Waals surface area contributed by atoms with Gasteiger partial charge < -0.3 is 14.9 Å². The van der Waals surface area contributed by atoms with Crippen molar-refractivity contribution in [2.45, 2.75) is 38.8 Å². The van der Waals surface area contributed by atoms with Crippen LogP contribution in [0.2, 0.25) is 0 Å². The number of aryl methyl sites for hydroxylation is 2. The Labute approximate surface area is 174 Å². The summed E-state index contributed by atoms with van der Waals surface area (Å²) in [5.74, 6) is 1.76. The molecule has 6 heteroatoms. The van der Waals surface area contributed by atoms with Crippen LogP contribution in [-0.4, -0.2) is 82.8 Å². The fourth-order valence-corrected chi connectivity index (χ4v) is 4.63. The third-order valence-electron chi connectivity index (χ3n) is 6.35. The Morgan fingerprint density at radius 1 is 1.03 bits per heavy atom. The number of aromatic nitrogens is 2. The minimum absolute atomic E-state index is 0.255. The fraction of sp³-hybridized carbons (Fsp3) is 0.565. The molecule has 0 radical (unpaired) electrons. The van der Waals surface area contributed by atoms with Gasteiger partial charge in [0.2, 0.25) is 0 Å². The number of piperidine rings is 1. The van der Waals surface area contributed by atoms with E-state index in [1.807, 2.05) is 20.0 Å². The van der Waals surface area contributed by atoms with Crippen LogP contribution < -0.4 is 4.90 Å². The van der Waals surface area contributed by atoms with Crippen molar-refractivity contribution in [1.29, 1.82) is 0 Å². The predicted octanol–water partition coefficient (Wildman–Crippen LogP) is 1.89. The van der Waals surface area contributed by atoms with Gasteiger partial charge in [0, 0.05) is 63.6 Å². The van der Waals surface area contributed by atoms with Gasteiger partial charge in [-0.3, -0.25) is 4.90 Å². The number of aliphatic hydroxyl groups excluding tert-OH is 1. The van der Waals surface area contributed by atoms with Crippen molar-refractivity contribution in [3.8, 4) is 0 Å². The van der Waals surface area contributed by atoms with Gasteiger partial charge >= 0.3 is 0 Å². The standard InChI is InChI=1S/C23H33N5O/c1-18-16-24-19(2)25-23(18)28-11-9-21(22(29)17-28)27-14-12-26(13-15-27)10-8-20-6-4-3-5-7-20/h3-7,16,21-22,29H,8-15,17H2,1-2H3/t21-,22-/m0/s1. The van der Waals surface area contributed by atoms with E-state index in [0.29, 0.717) is 6.54 Å². The molecular weight excluding hydrogens is 362 g/mol. The number of β-amino-alcohol motifs (C(OH)–C–C–N with tert-alkyl or cyclic N) is 1. The molecule has 1 aromatic carbocycles. The summed E-state index contributed by atoms with van der Waals surface area (Å²) in [6, 6.07) is 11.0. The van der Waals surface area contributed by atoms with E-state index in [1.165, 1.54) is 5.56 Å². The minimum Gasteiger partial charge on any atom is -0.390 e. The van der Waals surface area contributed by atoms with Gasteiger partial charge in [0.25, 0.3) is 0 Å². The average Bonchev–Trinajstić information content (AvgIpc) is 2.75. The number of piperazine rings is 1. The second-order valence-corrected chi connectivity index (χ2v) is 8.41. The maximum absolute atomic E-state index is 10.9. The van der Waals surface area contributed by atoms with E-state index in [-0.39, 0.29) is 12.1 Å². The number of rotatable bonds is 5. The van der Waals surface area contributed by atoms with Crippen molar-refractivity contribution in [3.05, 3.63) is 53.5 Å². The van der Waals surface area contributed by atoms with Gasteiger partial charge in [-0.25, -0.2) is 9.97 Å². The monoisotopic (exact) mass is 395 g/mol. The highest BCUT2D eigenvalue weighted by Crippen LogP contribution is 2.24. The normalized spacial score (nSPS) is 24.0. The summed E-state index contributed by atoms with van der Waals surface area (Å²) in [7, 11) is 0. The SMILES string of the molecule is Cc1ncc(C)c(N2CC[C@H](N3CCN(CCc4ccccc4)CC3)[C@@H](O)C2)n1. The molecule has 2 saturated heterocycles. The first-order valence-electron chi connectivity index (χ1n) is 10.8. The summed E-state index contributed by atoms with van der Waals surface area (Å²) < 4.78 is 0. The molecule has 0 saturated carbocycles. The number of hydrogen-bond acceptors (Lipinski definition) is 6. The van der Waals surface area contributed by atoms with E-state index in [9.17, 15) is 5.11 Å². The highest BCUT2D eigenvalue weighted by molar-refractivity contribution is 5.46. The van der Waals surface area contributed by atoms with E-state index in [2.05, 4.69) is 55.0 Å². The number of aliphatic hydroxyl groups is 1. The smallest absolute Gasteiger partial charge is 0.135 e. The molecule has 2 aromatic rings. The molecule has 1 aromatic heterocycles. The molecule has 6 nitrogen and oxygen atoms in total. The third-order valence-corrected chi connectivity index (χ3v) is 6.35. The van der Waals surface area contributed by atoms with Crippen LogP contribution >= 0.6 is 0 Å². The zero-order valence-electron chi connectivity index (χ0n) is 17.7. The third kappa shape index (κ3) is 4.94. The maximum atomic E-state index is 10.9. The Bertz CT molecular complexity index is 791. The number of hydrogen-bond donors (Lipinski definition) is 1. The van der Waals surface area contributed by atoms with Crippen molar-refractivity contribution in [3.63, 3.8) is 0 Å². The van der Waals surface area contributed by atoms with Gasteiger partial charge in [0.1, 0.15) is 11.6 Å². The van der Waals surface area contributed by atoms with Crippen molar-refractivity contribution >= 4 is 5.82 Å². The lowest BCUT2D eigenvalue weighted by molar-refractivity contribution is 0.00965. The first kappa shape index (κ1) is 20.3. The van der Waals surface area contributed by atoms with Crippen LogP contribution in [0.1, 0.15) is 23.4 Å². The van der Waals surface area contributed by atoms with Gasteiger partial charge in [-0.2, -0.15) is 0 Å². The summed E-state index contributed by atoms with van der Waals surface area (Å²) >= 11 is 0. The van der Waals surface area contributed by atoms with Crippen LogP contribution in [0.4, 0.5) is 5.82 Å². The van der Waals surface area contributed by atoms with Crippen molar-refractivity contribution in [1.82, 2.24) is 19.8 Å². The van der Waals surface area contributed by atoms with Crippen molar-refractivity contribution in [2.75, 3.05) is 50.7 Å². The molecule has 0 amide bonds. The molecule has 0 spiro atoms. The molecule has 2 aliphatic heterocycles. The Hall–Kier alpha value is -2.02. The average molecular weight is 396 g/mol. The quantitative estimate of drug-likeness (QED) is 0.835. The zero-order chi connectivity index (χ0) is 20.2. The Morgan fingerprint density at radius 2 is 1.79 bits per heavy atom. The number of nitrogens with zero attached hydrogens (tertiary/aromatic N) is 5. The van der Waals surface area contributed by atoms with E-state index < -0.39 is 0 Å². The minimum atomic E-state index is -0.339. The topological polar surface area (TPSA) is 55.7 Å². The molecule has 1 N–H and O–H groups in total. The molecule has 4 rings (SSSR count). The molecular formula is C23H33N5O. The largest absolute Gasteiger partial charge is 0.390 e. The van der Waals surface area contributed by atoms with Crippen LogP contribution in [0.15, 0.2) is 36.5 Å². The first-order valence-corrected chi connectivity index (χ1v) is 10.8. The van der Waals surface area contributed by atoms with Gasteiger partial charge in [-0.15, -0.1) is 0 Å². The summed E-state index contributed by atoms with van der Waals surface area (Å²) in [5.41, 5.74) is 2.49. The summed E-state index contributed by atoms with van der Waals surface area (Å²) in [4.78, 5) is 16.2. The van der Waals surface area contributed by atoms with Crippen LogP contribution in [0.25, 0.3) is 0 Å². The summed E-state index contributed by atoms with van der Waals surface area (Å²) in [5, 5.41) is 10.9. The van der Waals surface area contributed by atoms with Crippen LogP contribution in [-0.2, 0) is 6.42 Å². The molecule has 0 unspecified atom stereocenters. The Balaban J connectivity index is 1.27. The lowest BCUT2D eigenvalue weighted by Gasteiger charge is -2.45. The molecule has 0 aliphatic carbocycles. The Kier molecular flexibility index (Phi) is 6.43. The van der Waals surface area contributed by atoms with E-state index in [4.69, 9.17) is 0 Å². The first-order chi connectivity index (χ1) is 14.1. The number of benzene rings is 1. The molecule has 3 heterocycles. The van der Waals surface area contributed by atoms with Gasteiger partial charge in [0.15, 0.2) is 0 Å². The lowest BCUT2D eigenvalue weighted by atomic mass is 9.98. The second kappa shape index (κ2) is 9.20. The van der Waals surface area contributed by atoms with E-state index >= 15 is 0 Å². The van der Waals surface area contributed by atoms with Gasteiger partial charge in [-0.1, -0.05) is 30.3 Å². The molecule has 2 atom stereocenters. The van der Waals surface area contributed by atoms with Crippen LogP contribution in [0, 0.1) is 13.8 Å². The zero-order valence-corrected chi connectivity index (χ0v) is 17.7. The van der Waals surface area contributed by atoms with Gasteiger partial charge in [-0.05, 0) is 32.3 Å². The highest BCUT2D eigenvalue weighted by Gasteiger charge is 2.34. The van der Waals surface area contributed by atoms with Crippen LogP contribution in [0.5, 0.6) is 0 Å². The molecule has 2 fully saturated rings. The Morgan fingerprint density at radius 3 is 2.52 bits per heavy atom. The maximum Gasteiger partial charge on any atom is 0.135 e. The van der Waals surface area contributed by atoms with Crippen molar-refractivity contribution < 1.29 is 5.11 Å². The molecule has 0 bridgehead atoms. The lowest BCUT2D eigenvalue weighted by Crippen LogP contribution is -2.59. The number of anilines is 1. The van der Waals surface area contributed by atoms with E-state index in [0.717, 1.165) is 69.3 Å². The molecule has 2 aliphatic rings. The fourth-order valence-electron chi connectivity index (χ4n) is 4.63. The van der Waals surface area contributed by atoms with E-state index in [1.54, 1.807) is 0 Å². The van der Waals surface area contributed by atoms with Crippen LogP contribution in [0.3, 0.4) is 0 Å².